The van der Waals surface area contributed by atoms with Gasteiger partial charge in [-0.3, -0.25) is 0 Å². The van der Waals surface area contributed by atoms with Crippen LogP contribution in [0.25, 0.3) is 0 Å². The lowest BCUT2D eigenvalue weighted by Crippen LogP contribution is -2.16. The summed E-state index contributed by atoms with van der Waals surface area (Å²) in [5.74, 6) is -0.512. The maximum Gasteiger partial charge on any atom is 0.232 e. The predicted octanol–water partition coefficient (Wildman–Crippen LogP) is 3.17. The molecule has 0 saturated carbocycles. The molecule has 17 heavy (non-hydrogen) atoms. The predicted molar refractivity (Wildman–Crippen MR) is 68.4 cm³/mol. The van der Waals surface area contributed by atoms with Crippen LogP contribution in [0, 0.1) is 11.7 Å². The molecule has 0 aliphatic heterocycles. The Morgan fingerprint density at radius 2 is 2.18 bits per heavy atom. The largest absolute Gasteiger partial charge is 0.493 e. The topological polar surface area (TPSA) is 43.4 Å². The Morgan fingerprint density at radius 3 is 2.71 bits per heavy atom. The van der Waals surface area contributed by atoms with Gasteiger partial charge in [0.1, 0.15) is 11.6 Å². The molecule has 0 heterocycles. The zero-order chi connectivity index (χ0) is 13.1. The molecule has 1 aromatic carbocycles. The normalized spacial score (nSPS) is 13.4. The number of hydrogen-bond acceptors (Lipinski definition) is 3. The van der Waals surface area contributed by atoms with Crippen LogP contribution in [0.4, 0.5) is 4.39 Å². The summed E-state index contributed by atoms with van der Waals surface area (Å²) >= 11 is 3.02. The lowest BCUT2D eigenvalue weighted by Gasteiger charge is -2.11. The molecule has 0 spiro atoms. The van der Waals surface area contributed by atoms with E-state index in [2.05, 4.69) is 15.9 Å². The molecule has 0 amide bonds. The van der Waals surface area contributed by atoms with Crippen molar-refractivity contribution in [3.05, 3.63) is 28.5 Å². The molecule has 0 radical (unpaired) electrons. The van der Waals surface area contributed by atoms with Crippen molar-refractivity contribution in [2.45, 2.75) is 6.92 Å². The fraction of sp³-hybridized carbons (Fsp3) is 0.400. The van der Waals surface area contributed by atoms with Gasteiger partial charge in [0.25, 0.3) is 0 Å². The average Bonchev–Trinajstić information content (AvgIpc) is 2.17. The van der Waals surface area contributed by atoms with E-state index in [4.69, 9.17) is 15.4 Å². The van der Waals surface area contributed by atoms with E-state index in [1.807, 2.05) is 0 Å². The van der Waals surface area contributed by atoms with E-state index in [-0.39, 0.29) is 18.3 Å². The standard InChI is InChI=1S/C10H11BrClFO3S/c1-7(6-17(12,14)15)5-16-8-2-3-9(11)10(13)4-8/h2-4,7H,5-6H2,1H3. The molecular weight excluding hydrogens is 335 g/mol. The number of rotatable bonds is 5. The van der Waals surface area contributed by atoms with Crippen molar-refractivity contribution in [1.29, 1.82) is 0 Å². The van der Waals surface area contributed by atoms with E-state index < -0.39 is 14.9 Å². The van der Waals surface area contributed by atoms with Crippen LogP contribution >= 0.6 is 26.6 Å². The average molecular weight is 346 g/mol. The van der Waals surface area contributed by atoms with Crippen molar-refractivity contribution in [1.82, 2.24) is 0 Å². The summed E-state index contributed by atoms with van der Waals surface area (Å²) in [4.78, 5) is 0. The van der Waals surface area contributed by atoms with Crippen molar-refractivity contribution < 1.29 is 17.5 Å². The Bertz CT molecular complexity index is 492. The lowest BCUT2D eigenvalue weighted by molar-refractivity contribution is 0.271. The molecule has 1 unspecified atom stereocenters. The Kier molecular flexibility index (Phi) is 5.22. The van der Waals surface area contributed by atoms with Gasteiger partial charge in [0, 0.05) is 22.7 Å². The van der Waals surface area contributed by atoms with Crippen LogP contribution in [0.1, 0.15) is 6.92 Å². The summed E-state index contributed by atoms with van der Waals surface area (Å²) in [6.07, 6.45) is 0. The van der Waals surface area contributed by atoms with E-state index in [0.717, 1.165) is 0 Å². The SMILES string of the molecule is CC(COc1ccc(Br)c(F)c1)CS(=O)(=O)Cl. The zero-order valence-electron chi connectivity index (χ0n) is 8.99. The summed E-state index contributed by atoms with van der Waals surface area (Å²) in [6, 6.07) is 4.34. The summed E-state index contributed by atoms with van der Waals surface area (Å²) in [7, 11) is 1.57. The molecule has 0 aromatic heterocycles. The Labute approximate surface area is 112 Å². The van der Waals surface area contributed by atoms with Gasteiger partial charge in [0.2, 0.25) is 9.05 Å². The minimum atomic E-state index is -3.53. The van der Waals surface area contributed by atoms with E-state index in [1.54, 1.807) is 13.0 Å². The van der Waals surface area contributed by atoms with Crippen molar-refractivity contribution in [2.75, 3.05) is 12.4 Å². The third-order valence-corrected chi connectivity index (χ3v) is 3.90. The number of benzene rings is 1. The van der Waals surface area contributed by atoms with Crippen LogP contribution in [-0.2, 0) is 9.05 Å². The zero-order valence-corrected chi connectivity index (χ0v) is 12.1. The molecule has 1 aromatic rings. The maximum atomic E-state index is 13.1. The van der Waals surface area contributed by atoms with Gasteiger partial charge in [-0.05, 0) is 28.1 Å². The molecule has 7 heteroatoms. The molecule has 0 saturated heterocycles. The van der Waals surface area contributed by atoms with E-state index >= 15 is 0 Å². The highest BCUT2D eigenvalue weighted by Gasteiger charge is 2.13. The summed E-state index contributed by atoms with van der Waals surface area (Å²) < 4.78 is 40.3. The van der Waals surface area contributed by atoms with Crippen molar-refractivity contribution >= 4 is 35.7 Å². The first kappa shape index (κ1) is 14.7. The molecule has 0 fully saturated rings. The Balaban J connectivity index is 2.53. The molecule has 0 aliphatic rings. The third-order valence-electron chi connectivity index (χ3n) is 1.91. The molecular formula is C10H11BrClFO3S. The maximum absolute atomic E-state index is 13.1. The summed E-state index contributed by atoms with van der Waals surface area (Å²) in [5.41, 5.74) is 0. The fourth-order valence-corrected chi connectivity index (χ4v) is 2.86. The second-order valence-corrected chi connectivity index (χ2v) is 7.37. The van der Waals surface area contributed by atoms with Crippen molar-refractivity contribution in [2.24, 2.45) is 5.92 Å². The van der Waals surface area contributed by atoms with Gasteiger partial charge >= 0.3 is 0 Å². The monoisotopic (exact) mass is 344 g/mol. The highest BCUT2D eigenvalue weighted by Crippen LogP contribution is 2.21. The van der Waals surface area contributed by atoms with Crippen LogP contribution in [0.2, 0.25) is 0 Å². The quantitative estimate of drug-likeness (QED) is 0.770. The van der Waals surface area contributed by atoms with Gasteiger partial charge < -0.3 is 4.74 Å². The van der Waals surface area contributed by atoms with Gasteiger partial charge in [-0.1, -0.05) is 6.92 Å². The molecule has 0 aliphatic carbocycles. The first-order valence-electron chi connectivity index (χ1n) is 4.78. The molecule has 1 atom stereocenters. The van der Waals surface area contributed by atoms with E-state index in [9.17, 15) is 12.8 Å². The van der Waals surface area contributed by atoms with Crippen molar-refractivity contribution in [3.63, 3.8) is 0 Å². The molecule has 0 N–H and O–H groups in total. The van der Waals surface area contributed by atoms with Crippen LogP contribution in [0.3, 0.4) is 0 Å². The smallest absolute Gasteiger partial charge is 0.232 e. The third kappa shape index (κ3) is 5.70. The molecule has 1 rings (SSSR count). The Morgan fingerprint density at radius 1 is 1.53 bits per heavy atom. The number of ether oxygens (including phenoxy) is 1. The second-order valence-electron chi connectivity index (χ2n) is 3.70. The molecule has 96 valence electrons. The van der Waals surface area contributed by atoms with Crippen molar-refractivity contribution in [3.8, 4) is 5.75 Å². The minimum absolute atomic E-state index is 0.160. The van der Waals surface area contributed by atoms with Gasteiger partial charge in [-0.25, -0.2) is 12.8 Å². The van der Waals surface area contributed by atoms with Crippen LogP contribution < -0.4 is 4.74 Å². The summed E-state index contributed by atoms with van der Waals surface area (Å²) in [6.45, 7) is 1.85. The summed E-state index contributed by atoms with van der Waals surface area (Å²) in [5, 5.41) is 0. The Hall–Kier alpha value is -0.330. The van der Waals surface area contributed by atoms with Gasteiger partial charge in [-0.15, -0.1) is 0 Å². The first-order chi connectivity index (χ1) is 7.78. The van der Waals surface area contributed by atoms with Gasteiger partial charge in [-0.2, -0.15) is 0 Å². The number of halogens is 3. The van der Waals surface area contributed by atoms with Crippen LogP contribution in [0.15, 0.2) is 22.7 Å². The fourth-order valence-electron chi connectivity index (χ4n) is 1.19. The van der Waals surface area contributed by atoms with Gasteiger partial charge in [0.15, 0.2) is 0 Å². The second kappa shape index (κ2) is 6.02. The van der Waals surface area contributed by atoms with E-state index in [0.29, 0.717) is 10.2 Å². The minimum Gasteiger partial charge on any atom is -0.493 e. The lowest BCUT2D eigenvalue weighted by atomic mass is 10.2. The van der Waals surface area contributed by atoms with Crippen LogP contribution in [0.5, 0.6) is 5.75 Å². The highest BCUT2D eigenvalue weighted by molar-refractivity contribution is 9.10. The van der Waals surface area contributed by atoms with Crippen LogP contribution in [-0.4, -0.2) is 20.8 Å². The molecule has 0 bridgehead atoms. The first-order valence-corrected chi connectivity index (χ1v) is 8.05. The highest BCUT2D eigenvalue weighted by atomic mass is 79.9. The van der Waals surface area contributed by atoms with E-state index in [1.165, 1.54) is 12.1 Å². The van der Waals surface area contributed by atoms with Gasteiger partial charge in [0.05, 0.1) is 16.8 Å². The molecule has 3 nitrogen and oxygen atoms in total. The number of hydrogen-bond donors (Lipinski definition) is 0.